The summed E-state index contributed by atoms with van der Waals surface area (Å²) in [6, 6.07) is 0.418. The molecule has 0 aliphatic heterocycles. The molecule has 0 fully saturated rings. The fraction of sp³-hybridized carbons (Fsp3) is 0.500. The molecule has 1 aromatic carbocycles. The van der Waals surface area contributed by atoms with Crippen molar-refractivity contribution >= 4 is 10.0 Å². The maximum atomic E-state index is 13.4. The largest absolute Gasteiger partial charge is 0.389 e. The van der Waals surface area contributed by atoms with Gasteiger partial charge in [-0.2, -0.15) is 0 Å². The lowest BCUT2D eigenvalue weighted by atomic mass is 9.93. The molecule has 2 N–H and O–H groups in total. The van der Waals surface area contributed by atoms with E-state index in [9.17, 15) is 26.7 Å². The van der Waals surface area contributed by atoms with Gasteiger partial charge in [-0.15, -0.1) is 0 Å². The Morgan fingerprint density at radius 3 is 2.20 bits per heavy atom. The average molecular weight is 311 g/mol. The average Bonchev–Trinajstić information content (AvgIpc) is 2.31. The van der Waals surface area contributed by atoms with Crippen LogP contribution in [0, 0.1) is 23.4 Å². The summed E-state index contributed by atoms with van der Waals surface area (Å²) in [5, 5.41) is 9.92. The van der Waals surface area contributed by atoms with Crippen LogP contribution in [0.4, 0.5) is 13.2 Å². The zero-order valence-corrected chi connectivity index (χ0v) is 12.1. The summed E-state index contributed by atoms with van der Waals surface area (Å²) in [4.78, 5) is -1.00. The van der Waals surface area contributed by atoms with Gasteiger partial charge in [-0.1, -0.05) is 13.8 Å². The van der Waals surface area contributed by atoms with Crippen LogP contribution >= 0.6 is 0 Å². The smallest absolute Gasteiger partial charge is 0.243 e. The number of rotatable bonds is 5. The van der Waals surface area contributed by atoms with Crippen molar-refractivity contribution < 1.29 is 26.7 Å². The zero-order chi connectivity index (χ0) is 15.7. The highest BCUT2D eigenvalue weighted by atomic mass is 32.2. The Balaban J connectivity index is 3.04. The highest BCUT2D eigenvalue weighted by Crippen LogP contribution is 2.20. The van der Waals surface area contributed by atoms with Crippen molar-refractivity contribution in [2.75, 3.05) is 6.54 Å². The molecule has 0 aliphatic carbocycles. The number of hydrogen-bond donors (Lipinski definition) is 2. The molecule has 1 aromatic rings. The monoisotopic (exact) mass is 311 g/mol. The fourth-order valence-corrected chi connectivity index (χ4v) is 2.45. The normalized spacial score (nSPS) is 15.4. The van der Waals surface area contributed by atoms with Gasteiger partial charge in [0.2, 0.25) is 10.0 Å². The lowest BCUT2D eigenvalue weighted by molar-refractivity contribution is 0.0190. The Bertz CT molecular complexity index is 600. The van der Waals surface area contributed by atoms with Crippen LogP contribution in [0.3, 0.4) is 0 Å². The second-order valence-electron chi connectivity index (χ2n) is 5.03. The van der Waals surface area contributed by atoms with Gasteiger partial charge in [0, 0.05) is 12.6 Å². The van der Waals surface area contributed by atoms with E-state index in [1.54, 1.807) is 13.8 Å². The summed E-state index contributed by atoms with van der Waals surface area (Å²) in [6.07, 6.45) is 0. The van der Waals surface area contributed by atoms with Crippen LogP contribution in [0.25, 0.3) is 0 Å². The maximum absolute atomic E-state index is 13.4. The number of aliphatic hydroxyl groups is 1. The molecule has 0 heterocycles. The van der Waals surface area contributed by atoms with Crippen LogP contribution in [-0.4, -0.2) is 25.7 Å². The van der Waals surface area contributed by atoms with Crippen molar-refractivity contribution in [2.24, 2.45) is 5.92 Å². The van der Waals surface area contributed by atoms with Crippen molar-refractivity contribution in [2.45, 2.75) is 31.3 Å². The Morgan fingerprint density at radius 2 is 1.70 bits per heavy atom. The standard InChI is InChI=1S/C12H16F3NO3S/c1-7(2)12(3,17)6-16-20(18,19)11-5-9(14)8(13)4-10(11)15/h4-5,7,16-17H,6H2,1-3H3. The molecule has 0 aromatic heterocycles. The summed E-state index contributed by atoms with van der Waals surface area (Å²) in [6.45, 7) is 4.37. The molecule has 0 bridgehead atoms. The topological polar surface area (TPSA) is 66.4 Å². The first-order chi connectivity index (χ1) is 8.97. The highest BCUT2D eigenvalue weighted by Gasteiger charge is 2.29. The lowest BCUT2D eigenvalue weighted by Crippen LogP contribution is -2.44. The van der Waals surface area contributed by atoms with Crippen LogP contribution in [0.2, 0.25) is 0 Å². The van der Waals surface area contributed by atoms with E-state index in [4.69, 9.17) is 0 Å². The van der Waals surface area contributed by atoms with Gasteiger partial charge in [-0.25, -0.2) is 26.3 Å². The number of hydrogen-bond acceptors (Lipinski definition) is 3. The third-order valence-electron chi connectivity index (χ3n) is 3.13. The molecule has 0 spiro atoms. The molecule has 0 saturated heterocycles. The minimum absolute atomic E-state index is 0.157. The van der Waals surface area contributed by atoms with E-state index in [0.717, 1.165) is 0 Å². The molecule has 0 aliphatic rings. The first kappa shape index (κ1) is 16.9. The maximum Gasteiger partial charge on any atom is 0.243 e. The van der Waals surface area contributed by atoms with E-state index in [1.165, 1.54) is 6.92 Å². The van der Waals surface area contributed by atoms with Gasteiger partial charge in [0.05, 0.1) is 5.60 Å². The summed E-state index contributed by atoms with van der Waals surface area (Å²) >= 11 is 0. The van der Waals surface area contributed by atoms with Crippen LogP contribution in [0.1, 0.15) is 20.8 Å². The third kappa shape index (κ3) is 3.71. The third-order valence-corrected chi connectivity index (χ3v) is 4.54. The molecular formula is C12H16F3NO3S. The number of nitrogens with one attached hydrogen (secondary N) is 1. The van der Waals surface area contributed by atoms with E-state index in [2.05, 4.69) is 0 Å². The zero-order valence-electron chi connectivity index (χ0n) is 11.2. The quantitative estimate of drug-likeness (QED) is 0.815. The van der Waals surface area contributed by atoms with E-state index >= 15 is 0 Å². The molecule has 114 valence electrons. The van der Waals surface area contributed by atoms with Crippen molar-refractivity contribution in [3.63, 3.8) is 0 Å². The Hall–Kier alpha value is -1.12. The van der Waals surface area contributed by atoms with Gasteiger partial charge in [-0.3, -0.25) is 0 Å². The molecule has 20 heavy (non-hydrogen) atoms. The van der Waals surface area contributed by atoms with E-state index in [1.807, 2.05) is 4.72 Å². The Labute approximate surface area is 115 Å². The first-order valence-electron chi connectivity index (χ1n) is 5.84. The van der Waals surface area contributed by atoms with E-state index in [-0.39, 0.29) is 24.6 Å². The van der Waals surface area contributed by atoms with Crippen molar-refractivity contribution in [3.8, 4) is 0 Å². The Kier molecular flexibility index (Phi) is 4.83. The summed E-state index contributed by atoms with van der Waals surface area (Å²) in [7, 11) is -4.39. The van der Waals surface area contributed by atoms with Gasteiger partial charge in [0.25, 0.3) is 0 Å². The van der Waals surface area contributed by atoms with Crippen LogP contribution in [0.15, 0.2) is 17.0 Å². The minimum Gasteiger partial charge on any atom is -0.389 e. The van der Waals surface area contributed by atoms with Crippen molar-refractivity contribution in [3.05, 3.63) is 29.6 Å². The molecule has 1 unspecified atom stereocenters. The van der Waals surface area contributed by atoms with Gasteiger partial charge < -0.3 is 5.11 Å². The van der Waals surface area contributed by atoms with Gasteiger partial charge in [0.15, 0.2) is 11.6 Å². The minimum atomic E-state index is -4.39. The fourth-order valence-electron chi connectivity index (χ4n) is 1.23. The molecule has 4 nitrogen and oxygen atoms in total. The molecule has 1 atom stereocenters. The molecule has 0 amide bonds. The van der Waals surface area contributed by atoms with Gasteiger partial charge >= 0.3 is 0 Å². The second kappa shape index (κ2) is 5.71. The van der Waals surface area contributed by atoms with Crippen LogP contribution in [0.5, 0.6) is 0 Å². The predicted octanol–water partition coefficient (Wildman–Crippen LogP) is 1.79. The predicted molar refractivity (Wildman–Crippen MR) is 67.0 cm³/mol. The molecular weight excluding hydrogens is 295 g/mol. The molecule has 8 heteroatoms. The molecule has 0 saturated carbocycles. The van der Waals surface area contributed by atoms with E-state index < -0.39 is 38.0 Å². The van der Waals surface area contributed by atoms with Gasteiger partial charge in [0.1, 0.15) is 10.7 Å². The number of benzene rings is 1. The number of sulfonamides is 1. The molecule has 1 rings (SSSR count). The Morgan fingerprint density at radius 1 is 1.20 bits per heavy atom. The summed E-state index contributed by atoms with van der Waals surface area (Å²) < 4.78 is 64.8. The van der Waals surface area contributed by atoms with Crippen LogP contribution < -0.4 is 4.72 Å². The van der Waals surface area contributed by atoms with Crippen LogP contribution in [-0.2, 0) is 10.0 Å². The molecule has 0 radical (unpaired) electrons. The first-order valence-corrected chi connectivity index (χ1v) is 7.32. The number of halogens is 3. The van der Waals surface area contributed by atoms with E-state index in [0.29, 0.717) is 0 Å². The lowest BCUT2D eigenvalue weighted by Gasteiger charge is -2.27. The SMILES string of the molecule is CC(C)C(C)(O)CNS(=O)(=O)c1cc(F)c(F)cc1F. The summed E-state index contributed by atoms with van der Waals surface area (Å²) in [5.74, 6) is -4.61. The second-order valence-corrected chi connectivity index (χ2v) is 6.77. The van der Waals surface area contributed by atoms with Gasteiger partial charge in [-0.05, 0) is 18.9 Å². The summed E-state index contributed by atoms with van der Waals surface area (Å²) in [5.41, 5.74) is -1.36. The van der Waals surface area contributed by atoms with Crippen molar-refractivity contribution in [1.29, 1.82) is 0 Å². The van der Waals surface area contributed by atoms with Crippen molar-refractivity contribution in [1.82, 2.24) is 4.72 Å². The highest BCUT2D eigenvalue weighted by molar-refractivity contribution is 7.89.